The van der Waals surface area contributed by atoms with Crippen LogP contribution in [0.1, 0.15) is 6.92 Å². The zero-order chi connectivity index (χ0) is 15.2. The van der Waals surface area contributed by atoms with E-state index in [1.54, 1.807) is 30.5 Å². The lowest BCUT2D eigenvalue weighted by molar-refractivity contribution is 1.40. The Hall–Kier alpha value is -2.61. The van der Waals surface area contributed by atoms with Gasteiger partial charge in [-0.1, -0.05) is 62.3 Å². The Morgan fingerprint density at radius 2 is 1.60 bits per heavy atom. The largest absolute Gasteiger partial charge is 0.404 e. The van der Waals surface area contributed by atoms with Gasteiger partial charge in [0.2, 0.25) is 0 Å². The molecule has 0 saturated carbocycles. The third-order valence-electron chi connectivity index (χ3n) is 2.28. The molecule has 0 aliphatic rings. The Labute approximate surface area is 122 Å². The lowest BCUT2D eigenvalue weighted by Crippen LogP contribution is -1.94. The van der Waals surface area contributed by atoms with Gasteiger partial charge >= 0.3 is 0 Å². The van der Waals surface area contributed by atoms with E-state index >= 15 is 0 Å². The summed E-state index contributed by atoms with van der Waals surface area (Å²) in [6.45, 7) is 12.9. The zero-order valence-electron chi connectivity index (χ0n) is 12.0. The fraction of sp³-hybridized carbons (Fsp3) is 0.0556. The van der Waals surface area contributed by atoms with E-state index in [4.69, 9.17) is 5.73 Å². The standard InChI is InChI=1S/C18H22N2/c1-5-9-12-16(8-4)17(14-19)15-20-18(11-7-3)13-10-6-2/h5-15H,1-3,19H2,4H3/b12-9-,13-10-,16-8+,17-14?,18-11+,20-15?. The molecule has 0 atom stereocenters. The van der Waals surface area contributed by atoms with Gasteiger partial charge in [-0.2, -0.15) is 0 Å². The maximum atomic E-state index is 5.65. The molecular weight excluding hydrogens is 244 g/mol. The van der Waals surface area contributed by atoms with E-state index in [1.807, 2.05) is 37.3 Å². The number of allylic oxidation sites excluding steroid dienone is 11. The number of nitrogens with zero attached hydrogens (tertiary/aromatic N) is 1. The summed E-state index contributed by atoms with van der Waals surface area (Å²) < 4.78 is 0. The summed E-state index contributed by atoms with van der Waals surface area (Å²) in [7, 11) is 0. The normalized spacial score (nSPS) is 14.3. The van der Waals surface area contributed by atoms with Gasteiger partial charge in [-0.15, -0.1) is 0 Å². The van der Waals surface area contributed by atoms with Crippen molar-refractivity contribution in [2.45, 2.75) is 6.92 Å². The molecule has 0 bridgehead atoms. The van der Waals surface area contributed by atoms with Crippen LogP contribution in [0, 0.1) is 0 Å². The summed E-state index contributed by atoms with van der Waals surface area (Å²) in [6, 6.07) is 0. The van der Waals surface area contributed by atoms with Crippen molar-refractivity contribution >= 4 is 6.21 Å². The first-order chi connectivity index (χ1) is 9.73. The van der Waals surface area contributed by atoms with Gasteiger partial charge in [0, 0.05) is 18.0 Å². The van der Waals surface area contributed by atoms with Crippen LogP contribution >= 0.6 is 0 Å². The summed E-state index contributed by atoms with van der Waals surface area (Å²) >= 11 is 0. The maximum Gasteiger partial charge on any atom is 0.0629 e. The van der Waals surface area contributed by atoms with Crippen LogP contribution in [0.4, 0.5) is 0 Å². The van der Waals surface area contributed by atoms with Crippen LogP contribution in [-0.4, -0.2) is 6.21 Å². The fourth-order valence-electron chi connectivity index (χ4n) is 1.32. The first kappa shape index (κ1) is 17.4. The van der Waals surface area contributed by atoms with Crippen LogP contribution in [0.3, 0.4) is 0 Å². The van der Waals surface area contributed by atoms with E-state index in [9.17, 15) is 0 Å². The first-order valence-corrected chi connectivity index (χ1v) is 6.27. The molecule has 0 aromatic rings. The number of hydrogen-bond donors (Lipinski definition) is 1. The summed E-state index contributed by atoms with van der Waals surface area (Å²) in [5, 5.41) is 0. The highest BCUT2D eigenvalue weighted by Gasteiger charge is 1.97. The zero-order valence-corrected chi connectivity index (χ0v) is 12.0. The van der Waals surface area contributed by atoms with Crippen LogP contribution in [-0.2, 0) is 0 Å². The quantitative estimate of drug-likeness (QED) is 0.513. The summed E-state index contributed by atoms with van der Waals surface area (Å²) in [5.74, 6) is 0. The van der Waals surface area contributed by atoms with Crippen LogP contribution in [0.25, 0.3) is 0 Å². The Kier molecular flexibility index (Phi) is 9.98. The van der Waals surface area contributed by atoms with Crippen molar-refractivity contribution in [3.63, 3.8) is 0 Å². The van der Waals surface area contributed by atoms with E-state index < -0.39 is 0 Å². The van der Waals surface area contributed by atoms with Crippen molar-refractivity contribution in [1.29, 1.82) is 0 Å². The third kappa shape index (κ3) is 6.97. The van der Waals surface area contributed by atoms with Gasteiger partial charge in [-0.05, 0) is 24.6 Å². The van der Waals surface area contributed by atoms with Crippen LogP contribution in [0.5, 0.6) is 0 Å². The Morgan fingerprint density at radius 3 is 2.10 bits per heavy atom. The van der Waals surface area contributed by atoms with E-state index in [0.717, 1.165) is 16.8 Å². The molecule has 2 heteroatoms. The molecule has 0 radical (unpaired) electrons. The highest BCUT2D eigenvalue weighted by Crippen LogP contribution is 2.10. The smallest absolute Gasteiger partial charge is 0.0629 e. The molecule has 104 valence electrons. The number of hydrogen-bond acceptors (Lipinski definition) is 2. The molecule has 0 saturated heterocycles. The molecule has 0 aromatic carbocycles. The van der Waals surface area contributed by atoms with Gasteiger partial charge < -0.3 is 5.73 Å². The van der Waals surface area contributed by atoms with Crippen LogP contribution in [0.2, 0.25) is 0 Å². The third-order valence-corrected chi connectivity index (χ3v) is 2.28. The van der Waals surface area contributed by atoms with Crippen molar-refractivity contribution < 1.29 is 0 Å². The Balaban J connectivity index is 5.25. The van der Waals surface area contributed by atoms with Gasteiger partial charge in [-0.3, -0.25) is 4.99 Å². The van der Waals surface area contributed by atoms with Gasteiger partial charge in [-0.25, -0.2) is 0 Å². The highest BCUT2D eigenvalue weighted by atomic mass is 14.7. The second-order valence-corrected chi connectivity index (χ2v) is 3.64. The molecule has 2 N–H and O–H groups in total. The van der Waals surface area contributed by atoms with E-state index in [-0.39, 0.29) is 0 Å². The topological polar surface area (TPSA) is 38.4 Å². The minimum atomic E-state index is 0.766. The molecule has 0 aromatic heterocycles. The first-order valence-electron chi connectivity index (χ1n) is 6.27. The second kappa shape index (κ2) is 11.5. The number of nitrogens with two attached hydrogens (primary N) is 1. The molecule has 0 unspecified atom stereocenters. The molecular formula is C18H22N2. The van der Waals surface area contributed by atoms with Crippen molar-refractivity contribution in [1.82, 2.24) is 0 Å². The molecule has 0 heterocycles. The predicted molar refractivity (Wildman–Crippen MR) is 91.5 cm³/mol. The fourth-order valence-corrected chi connectivity index (χ4v) is 1.32. The predicted octanol–water partition coefficient (Wildman–Crippen LogP) is 4.40. The van der Waals surface area contributed by atoms with Crippen LogP contribution in [0.15, 0.2) is 102 Å². The molecule has 0 aliphatic carbocycles. The Bertz CT molecular complexity index is 510. The summed E-state index contributed by atoms with van der Waals surface area (Å²) in [5.41, 5.74) is 8.22. The molecule has 0 fully saturated rings. The highest BCUT2D eigenvalue weighted by molar-refractivity contribution is 5.86. The van der Waals surface area contributed by atoms with Crippen LogP contribution < -0.4 is 5.73 Å². The molecule has 0 aliphatic heterocycles. The molecule has 20 heavy (non-hydrogen) atoms. The molecule has 0 rings (SSSR count). The maximum absolute atomic E-state index is 5.65. The monoisotopic (exact) mass is 266 g/mol. The lowest BCUT2D eigenvalue weighted by atomic mass is 10.1. The molecule has 2 nitrogen and oxygen atoms in total. The van der Waals surface area contributed by atoms with Gasteiger partial charge in [0.05, 0.1) is 5.70 Å². The minimum absolute atomic E-state index is 0.766. The summed E-state index contributed by atoms with van der Waals surface area (Å²) in [6.07, 6.45) is 19.5. The van der Waals surface area contributed by atoms with Gasteiger partial charge in [0.25, 0.3) is 0 Å². The number of aliphatic imine (C=N–C) groups is 1. The SMILES string of the molecule is C=C/C=C\C(=C/C=C)N=CC(=CN)C(/C=C\C=C)=C/C. The Morgan fingerprint density at radius 1 is 0.950 bits per heavy atom. The van der Waals surface area contributed by atoms with E-state index in [0.29, 0.717) is 0 Å². The van der Waals surface area contributed by atoms with E-state index in [2.05, 4.69) is 24.7 Å². The summed E-state index contributed by atoms with van der Waals surface area (Å²) in [4.78, 5) is 4.38. The minimum Gasteiger partial charge on any atom is -0.404 e. The molecule has 0 amide bonds. The lowest BCUT2D eigenvalue weighted by Gasteiger charge is -2.01. The average molecular weight is 266 g/mol. The van der Waals surface area contributed by atoms with Crippen molar-refractivity contribution in [2.24, 2.45) is 10.7 Å². The van der Waals surface area contributed by atoms with Crippen molar-refractivity contribution in [3.05, 3.63) is 97.5 Å². The van der Waals surface area contributed by atoms with Crippen molar-refractivity contribution in [3.8, 4) is 0 Å². The number of rotatable bonds is 8. The van der Waals surface area contributed by atoms with Crippen molar-refractivity contribution in [2.75, 3.05) is 0 Å². The van der Waals surface area contributed by atoms with E-state index in [1.165, 1.54) is 6.20 Å². The van der Waals surface area contributed by atoms with Gasteiger partial charge in [0.15, 0.2) is 0 Å². The average Bonchev–Trinajstić information content (AvgIpc) is 2.47. The van der Waals surface area contributed by atoms with Gasteiger partial charge in [0.1, 0.15) is 0 Å². The molecule has 0 spiro atoms. The second-order valence-electron chi connectivity index (χ2n) is 3.64.